The van der Waals surface area contributed by atoms with Gasteiger partial charge in [-0.15, -0.1) is 0 Å². The third-order valence-corrected chi connectivity index (χ3v) is 4.21. The number of nitrogens with zero attached hydrogens (tertiary/aromatic N) is 1. The number of fused-ring (bicyclic) bond motifs is 3. The van der Waals surface area contributed by atoms with E-state index in [-0.39, 0.29) is 11.5 Å². The standard InChI is InChI=1S/C18H19NO2/c1-3-19(4-2)11-12-9-16-15(10-17(12)20)13-7-5-6-8-14(13)18(16)21/h5-10,20H,3-4,11H2,1-2H3. The maximum Gasteiger partial charge on any atom is 0.194 e. The van der Waals surface area contributed by atoms with Crippen LogP contribution in [0.25, 0.3) is 11.1 Å². The molecule has 1 aliphatic rings. The molecule has 3 nitrogen and oxygen atoms in total. The minimum atomic E-state index is 0.0568. The van der Waals surface area contributed by atoms with E-state index in [0.29, 0.717) is 12.1 Å². The van der Waals surface area contributed by atoms with Gasteiger partial charge in [0.05, 0.1) is 0 Å². The zero-order valence-corrected chi connectivity index (χ0v) is 12.4. The number of phenolic OH excluding ortho intramolecular Hbond substituents is 1. The molecule has 3 heteroatoms. The summed E-state index contributed by atoms with van der Waals surface area (Å²) in [5.74, 6) is 0.326. The molecule has 0 amide bonds. The van der Waals surface area contributed by atoms with Crippen LogP contribution in [-0.2, 0) is 6.54 Å². The molecule has 0 saturated carbocycles. The highest BCUT2D eigenvalue weighted by Crippen LogP contribution is 2.39. The summed E-state index contributed by atoms with van der Waals surface area (Å²) in [6.07, 6.45) is 0. The first-order valence-electron chi connectivity index (χ1n) is 7.38. The van der Waals surface area contributed by atoms with Gasteiger partial charge in [0, 0.05) is 23.2 Å². The Hall–Kier alpha value is -2.13. The highest BCUT2D eigenvalue weighted by Gasteiger charge is 2.27. The van der Waals surface area contributed by atoms with Crippen molar-refractivity contribution in [1.29, 1.82) is 0 Å². The average Bonchev–Trinajstić information content (AvgIpc) is 2.78. The van der Waals surface area contributed by atoms with Gasteiger partial charge in [0.1, 0.15) is 5.75 Å². The second-order valence-electron chi connectivity index (χ2n) is 5.36. The molecule has 0 heterocycles. The van der Waals surface area contributed by atoms with Crippen molar-refractivity contribution in [3.8, 4) is 16.9 Å². The minimum Gasteiger partial charge on any atom is -0.508 e. The summed E-state index contributed by atoms with van der Waals surface area (Å²) in [4.78, 5) is 14.7. The van der Waals surface area contributed by atoms with Crippen LogP contribution < -0.4 is 0 Å². The van der Waals surface area contributed by atoms with Gasteiger partial charge in [0.2, 0.25) is 0 Å². The van der Waals surface area contributed by atoms with E-state index in [2.05, 4.69) is 18.7 Å². The van der Waals surface area contributed by atoms with Crippen LogP contribution >= 0.6 is 0 Å². The van der Waals surface area contributed by atoms with Gasteiger partial charge in [-0.1, -0.05) is 38.1 Å². The van der Waals surface area contributed by atoms with E-state index in [1.54, 1.807) is 6.07 Å². The molecular formula is C18H19NO2. The summed E-state index contributed by atoms with van der Waals surface area (Å²) in [7, 11) is 0. The first-order valence-corrected chi connectivity index (χ1v) is 7.38. The summed E-state index contributed by atoms with van der Waals surface area (Å²) in [5.41, 5.74) is 4.01. The van der Waals surface area contributed by atoms with Crippen LogP contribution in [-0.4, -0.2) is 28.9 Å². The molecule has 0 aliphatic heterocycles. The molecule has 0 aromatic heterocycles. The zero-order chi connectivity index (χ0) is 15.0. The topological polar surface area (TPSA) is 40.5 Å². The number of ketones is 1. The Morgan fingerprint density at radius 2 is 1.62 bits per heavy atom. The molecule has 1 aliphatic carbocycles. The first kappa shape index (κ1) is 13.8. The Morgan fingerprint density at radius 3 is 2.29 bits per heavy atom. The molecule has 108 valence electrons. The predicted octanol–water partition coefficient (Wildman–Crippen LogP) is 3.45. The van der Waals surface area contributed by atoms with Gasteiger partial charge in [0.25, 0.3) is 0 Å². The summed E-state index contributed by atoms with van der Waals surface area (Å²) < 4.78 is 0. The van der Waals surface area contributed by atoms with Gasteiger partial charge in [-0.25, -0.2) is 0 Å². The number of rotatable bonds is 4. The third kappa shape index (κ3) is 2.24. The van der Waals surface area contributed by atoms with Gasteiger partial charge in [0.15, 0.2) is 5.78 Å². The van der Waals surface area contributed by atoms with Gasteiger partial charge in [-0.2, -0.15) is 0 Å². The minimum absolute atomic E-state index is 0.0568. The molecule has 0 spiro atoms. The summed E-state index contributed by atoms with van der Waals surface area (Å²) in [6.45, 7) is 6.68. The highest BCUT2D eigenvalue weighted by atomic mass is 16.3. The van der Waals surface area contributed by atoms with Crippen LogP contribution in [0.2, 0.25) is 0 Å². The van der Waals surface area contributed by atoms with Gasteiger partial charge < -0.3 is 5.11 Å². The van der Waals surface area contributed by atoms with Crippen LogP contribution in [0.15, 0.2) is 36.4 Å². The number of hydrogen-bond acceptors (Lipinski definition) is 3. The fourth-order valence-electron chi connectivity index (χ4n) is 2.92. The number of carbonyl (C=O) groups excluding carboxylic acids is 1. The predicted molar refractivity (Wildman–Crippen MR) is 83.6 cm³/mol. The zero-order valence-electron chi connectivity index (χ0n) is 12.4. The van der Waals surface area contributed by atoms with Gasteiger partial charge in [-0.3, -0.25) is 9.69 Å². The molecule has 3 rings (SSSR count). The lowest BCUT2D eigenvalue weighted by Crippen LogP contribution is -2.22. The number of hydrogen-bond donors (Lipinski definition) is 1. The number of carbonyl (C=O) groups is 1. The lowest BCUT2D eigenvalue weighted by molar-refractivity contribution is 0.104. The van der Waals surface area contributed by atoms with Crippen molar-refractivity contribution in [1.82, 2.24) is 4.90 Å². The molecular weight excluding hydrogens is 262 g/mol. The van der Waals surface area contributed by atoms with Crippen LogP contribution in [0.1, 0.15) is 35.3 Å². The Balaban J connectivity index is 2.06. The number of benzene rings is 2. The van der Waals surface area contributed by atoms with Crippen molar-refractivity contribution in [2.45, 2.75) is 20.4 Å². The average molecular weight is 281 g/mol. The molecule has 0 bridgehead atoms. The molecule has 0 radical (unpaired) electrons. The van der Waals surface area contributed by atoms with Crippen molar-refractivity contribution in [3.63, 3.8) is 0 Å². The number of aromatic hydroxyl groups is 1. The molecule has 0 fully saturated rings. The van der Waals surface area contributed by atoms with Gasteiger partial charge >= 0.3 is 0 Å². The maximum atomic E-state index is 12.5. The largest absolute Gasteiger partial charge is 0.508 e. The molecule has 21 heavy (non-hydrogen) atoms. The maximum absolute atomic E-state index is 12.5. The molecule has 0 atom stereocenters. The van der Waals surface area contributed by atoms with Crippen molar-refractivity contribution in [2.75, 3.05) is 13.1 Å². The van der Waals surface area contributed by atoms with Crippen LogP contribution in [0.4, 0.5) is 0 Å². The van der Waals surface area contributed by atoms with Gasteiger partial charge in [-0.05, 0) is 36.3 Å². The second kappa shape index (κ2) is 5.34. The fraction of sp³-hybridized carbons (Fsp3) is 0.278. The summed E-state index contributed by atoms with van der Waals surface area (Å²) >= 11 is 0. The van der Waals surface area contributed by atoms with E-state index in [0.717, 1.165) is 35.3 Å². The van der Waals surface area contributed by atoms with Crippen molar-refractivity contribution < 1.29 is 9.90 Å². The number of phenols is 1. The van der Waals surface area contributed by atoms with Crippen LogP contribution in [0, 0.1) is 0 Å². The third-order valence-electron chi connectivity index (χ3n) is 4.21. The van der Waals surface area contributed by atoms with Crippen molar-refractivity contribution >= 4 is 5.78 Å². The lowest BCUT2D eigenvalue weighted by atomic mass is 10.0. The molecule has 0 unspecified atom stereocenters. The van der Waals surface area contributed by atoms with Crippen LogP contribution in [0.3, 0.4) is 0 Å². The Labute approximate surface area is 124 Å². The van der Waals surface area contributed by atoms with E-state index < -0.39 is 0 Å². The van der Waals surface area contributed by atoms with E-state index >= 15 is 0 Å². The molecule has 2 aromatic carbocycles. The fourth-order valence-corrected chi connectivity index (χ4v) is 2.92. The van der Waals surface area contributed by atoms with Crippen molar-refractivity contribution in [2.24, 2.45) is 0 Å². The summed E-state index contributed by atoms with van der Waals surface area (Å²) in [5, 5.41) is 10.3. The van der Waals surface area contributed by atoms with E-state index in [1.807, 2.05) is 30.3 Å². The first-order chi connectivity index (χ1) is 10.2. The SMILES string of the molecule is CCN(CC)Cc1cc2c(cc1O)-c1ccccc1C2=O. The second-order valence-corrected chi connectivity index (χ2v) is 5.36. The van der Waals surface area contributed by atoms with E-state index in [1.165, 1.54) is 0 Å². The summed E-state index contributed by atoms with van der Waals surface area (Å²) in [6, 6.07) is 11.2. The monoisotopic (exact) mass is 281 g/mol. The quantitative estimate of drug-likeness (QED) is 0.796. The smallest absolute Gasteiger partial charge is 0.194 e. The molecule has 2 aromatic rings. The van der Waals surface area contributed by atoms with Crippen molar-refractivity contribution in [3.05, 3.63) is 53.1 Å². The van der Waals surface area contributed by atoms with Crippen LogP contribution in [0.5, 0.6) is 5.75 Å². The Morgan fingerprint density at radius 1 is 0.952 bits per heavy atom. The Kier molecular flexibility index (Phi) is 3.52. The van der Waals surface area contributed by atoms with E-state index in [4.69, 9.17) is 0 Å². The highest BCUT2D eigenvalue weighted by molar-refractivity contribution is 6.21. The van der Waals surface area contributed by atoms with E-state index in [9.17, 15) is 9.90 Å². The lowest BCUT2D eigenvalue weighted by Gasteiger charge is -2.19. The Bertz CT molecular complexity index is 702. The molecule has 1 N–H and O–H groups in total. The normalized spacial score (nSPS) is 12.6. The molecule has 0 saturated heterocycles.